The Bertz CT molecular complexity index is 674. The summed E-state index contributed by atoms with van der Waals surface area (Å²) in [6.07, 6.45) is 0.685. The summed E-state index contributed by atoms with van der Waals surface area (Å²) in [7, 11) is 0. The molecule has 1 aromatic carbocycles. The van der Waals surface area contributed by atoms with Crippen molar-refractivity contribution in [1.82, 2.24) is 10.2 Å². The van der Waals surface area contributed by atoms with Crippen molar-refractivity contribution in [3.05, 3.63) is 23.8 Å². The molecular formula is C20H30N2O5. The standard InChI is InChI=1S/C20H30N2O5/c1-6-18(23)21-20(4,5)12-25-19(24)22(7-2)14(3)10-15-8-9-16-17(11-15)27-13-26-16/h8-9,11,14H,6-7,10,12-13H2,1-5H3,(H,21,23). The van der Waals surface area contributed by atoms with Gasteiger partial charge < -0.3 is 24.4 Å². The second-order valence-electron chi connectivity index (χ2n) is 7.37. The fraction of sp³-hybridized carbons (Fsp3) is 0.600. The van der Waals surface area contributed by atoms with Crippen LogP contribution < -0.4 is 14.8 Å². The van der Waals surface area contributed by atoms with E-state index in [9.17, 15) is 9.59 Å². The number of amides is 2. The van der Waals surface area contributed by atoms with Gasteiger partial charge in [0.15, 0.2) is 11.5 Å². The van der Waals surface area contributed by atoms with Crippen molar-refractivity contribution < 1.29 is 23.8 Å². The number of carbonyl (C=O) groups excluding carboxylic acids is 2. The van der Waals surface area contributed by atoms with Crippen LogP contribution >= 0.6 is 0 Å². The Balaban J connectivity index is 1.92. The molecule has 0 saturated heterocycles. The fourth-order valence-electron chi connectivity index (χ4n) is 2.97. The fourth-order valence-corrected chi connectivity index (χ4v) is 2.97. The van der Waals surface area contributed by atoms with E-state index in [4.69, 9.17) is 14.2 Å². The average Bonchev–Trinajstić information content (AvgIpc) is 3.08. The monoisotopic (exact) mass is 378 g/mol. The summed E-state index contributed by atoms with van der Waals surface area (Å²) in [5.74, 6) is 1.41. The quantitative estimate of drug-likeness (QED) is 0.752. The molecule has 0 aromatic heterocycles. The second-order valence-corrected chi connectivity index (χ2v) is 7.37. The molecule has 0 radical (unpaired) electrons. The van der Waals surface area contributed by atoms with E-state index in [2.05, 4.69) is 5.32 Å². The Kier molecular flexibility index (Phi) is 6.93. The van der Waals surface area contributed by atoms with Crippen molar-refractivity contribution in [2.45, 2.75) is 59.0 Å². The minimum Gasteiger partial charge on any atom is -0.454 e. The van der Waals surface area contributed by atoms with Crippen LogP contribution in [0.1, 0.15) is 46.6 Å². The van der Waals surface area contributed by atoms with Crippen LogP contribution in [0.3, 0.4) is 0 Å². The highest BCUT2D eigenvalue weighted by atomic mass is 16.7. The smallest absolute Gasteiger partial charge is 0.410 e. The highest BCUT2D eigenvalue weighted by Gasteiger charge is 2.26. The van der Waals surface area contributed by atoms with Gasteiger partial charge in [0.1, 0.15) is 6.61 Å². The molecule has 2 rings (SSSR count). The number of hydrogen-bond acceptors (Lipinski definition) is 5. The van der Waals surface area contributed by atoms with Crippen LogP contribution in [-0.4, -0.2) is 48.4 Å². The van der Waals surface area contributed by atoms with Gasteiger partial charge in [0.2, 0.25) is 12.7 Å². The molecule has 2 amide bonds. The number of ether oxygens (including phenoxy) is 3. The van der Waals surface area contributed by atoms with Crippen LogP contribution in [-0.2, 0) is 16.0 Å². The van der Waals surface area contributed by atoms with Crippen molar-refractivity contribution in [3.63, 3.8) is 0 Å². The summed E-state index contributed by atoms with van der Waals surface area (Å²) < 4.78 is 16.2. The van der Waals surface area contributed by atoms with Crippen molar-refractivity contribution in [2.75, 3.05) is 19.9 Å². The van der Waals surface area contributed by atoms with Crippen LogP contribution in [0.2, 0.25) is 0 Å². The molecule has 1 aromatic rings. The van der Waals surface area contributed by atoms with Crippen molar-refractivity contribution in [1.29, 1.82) is 0 Å². The minimum absolute atomic E-state index is 0.0452. The Labute approximate surface area is 161 Å². The summed E-state index contributed by atoms with van der Waals surface area (Å²) in [5.41, 5.74) is 0.455. The second kappa shape index (κ2) is 8.97. The number of benzene rings is 1. The predicted molar refractivity (Wildman–Crippen MR) is 102 cm³/mol. The zero-order chi connectivity index (χ0) is 20.0. The number of carbonyl (C=O) groups is 2. The van der Waals surface area contributed by atoms with Crippen molar-refractivity contribution in [3.8, 4) is 11.5 Å². The van der Waals surface area contributed by atoms with E-state index in [0.717, 1.165) is 17.1 Å². The van der Waals surface area contributed by atoms with Gasteiger partial charge in [0.05, 0.1) is 5.54 Å². The lowest BCUT2D eigenvalue weighted by Gasteiger charge is -2.30. The molecule has 1 aliphatic heterocycles. The Hall–Kier alpha value is -2.44. The number of hydrogen-bond donors (Lipinski definition) is 1. The number of rotatable bonds is 8. The molecule has 27 heavy (non-hydrogen) atoms. The van der Waals surface area contributed by atoms with E-state index in [1.165, 1.54) is 0 Å². The van der Waals surface area contributed by atoms with Gasteiger partial charge in [-0.15, -0.1) is 0 Å². The summed E-state index contributed by atoms with van der Waals surface area (Å²) in [4.78, 5) is 25.8. The third-order valence-electron chi connectivity index (χ3n) is 4.43. The van der Waals surface area contributed by atoms with Crippen LogP contribution in [0.4, 0.5) is 4.79 Å². The van der Waals surface area contributed by atoms with E-state index >= 15 is 0 Å². The topological polar surface area (TPSA) is 77.1 Å². The first kappa shape index (κ1) is 20.9. The van der Waals surface area contributed by atoms with Gasteiger partial charge in [0.25, 0.3) is 0 Å². The third kappa shape index (κ3) is 5.77. The van der Waals surface area contributed by atoms with Crippen LogP contribution in [0.5, 0.6) is 11.5 Å². The van der Waals surface area contributed by atoms with Gasteiger partial charge in [-0.2, -0.15) is 0 Å². The molecule has 150 valence electrons. The summed E-state index contributed by atoms with van der Waals surface area (Å²) in [5, 5.41) is 2.85. The number of nitrogens with one attached hydrogen (secondary N) is 1. The number of nitrogens with zero attached hydrogens (tertiary/aromatic N) is 1. The molecule has 0 fully saturated rings. The van der Waals surface area contributed by atoms with E-state index in [1.807, 2.05) is 45.9 Å². The van der Waals surface area contributed by atoms with E-state index in [1.54, 1.807) is 11.8 Å². The molecule has 1 unspecified atom stereocenters. The molecule has 0 spiro atoms. The molecule has 0 aliphatic carbocycles. The maximum Gasteiger partial charge on any atom is 0.410 e. The molecule has 0 saturated carbocycles. The van der Waals surface area contributed by atoms with E-state index in [0.29, 0.717) is 19.4 Å². The molecule has 1 N–H and O–H groups in total. The van der Waals surface area contributed by atoms with Crippen LogP contribution in [0.15, 0.2) is 18.2 Å². The highest BCUT2D eigenvalue weighted by molar-refractivity contribution is 5.76. The molecule has 7 heteroatoms. The Morgan fingerprint density at radius 3 is 2.63 bits per heavy atom. The van der Waals surface area contributed by atoms with Gasteiger partial charge in [0, 0.05) is 19.0 Å². The predicted octanol–water partition coefficient (Wildman–Crippen LogP) is 3.11. The van der Waals surface area contributed by atoms with Gasteiger partial charge in [-0.1, -0.05) is 13.0 Å². The zero-order valence-corrected chi connectivity index (χ0v) is 16.8. The lowest BCUT2D eigenvalue weighted by molar-refractivity contribution is -0.122. The lowest BCUT2D eigenvalue weighted by Crippen LogP contribution is -2.49. The third-order valence-corrected chi connectivity index (χ3v) is 4.43. The normalized spacial score (nSPS) is 13.8. The first-order valence-corrected chi connectivity index (χ1v) is 9.38. The summed E-state index contributed by atoms with van der Waals surface area (Å²) in [6, 6.07) is 5.77. The highest BCUT2D eigenvalue weighted by Crippen LogP contribution is 2.33. The minimum atomic E-state index is -0.608. The van der Waals surface area contributed by atoms with Crippen LogP contribution in [0.25, 0.3) is 0 Å². The van der Waals surface area contributed by atoms with Gasteiger partial charge in [-0.05, 0) is 51.8 Å². The van der Waals surface area contributed by atoms with E-state index < -0.39 is 5.54 Å². The average molecular weight is 378 g/mol. The molecule has 1 heterocycles. The summed E-state index contributed by atoms with van der Waals surface area (Å²) in [6.45, 7) is 10.2. The number of likely N-dealkylation sites (N-methyl/N-ethyl adjacent to an activating group) is 1. The molecule has 0 bridgehead atoms. The Morgan fingerprint density at radius 2 is 1.96 bits per heavy atom. The SMILES string of the molecule is CCC(=O)NC(C)(C)COC(=O)N(CC)C(C)Cc1ccc2c(c1)OCO2. The summed E-state index contributed by atoms with van der Waals surface area (Å²) >= 11 is 0. The molecule has 1 atom stereocenters. The van der Waals surface area contributed by atoms with Crippen molar-refractivity contribution in [2.24, 2.45) is 0 Å². The van der Waals surface area contributed by atoms with Crippen molar-refractivity contribution >= 4 is 12.0 Å². The molecule has 1 aliphatic rings. The lowest BCUT2D eigenvalue weighted by atomic mass is 10.1. The number of fused-ring (bicyclic) bond motifs is 1. The molecular weight excluding hydrogens is 348 g/mol. The molecule has 7 nitrogen and oxygen atoms in total. The first-order chi connectivity index (χ1) is 12.8. The maximum atomic E-state index is 12.5. The van der Waals surface area contributed by atoms with Crippen LogP contribution in [0, 0.1) is 0 Å². The maximum absolute atomic E-state index is 12.5. The van der Waals surface area contributed by atoms with Gasteiger partial charge in [-0.3, -0.25) is 4.79 Å². The zero-order valence-electron chi connectivity index (χ0n) is 16.8. The van der Waals surface area contributed by atoms with E-state index in [-0.39, 0.29) is 31.4 Å². The van der Waals surface area contributed by atoms with Gasteiger partial charge >= 0.3 is 6.09 Å². The largest absolute Gasteiger partial charge is 0.454 e. The Morgan fingerprint density at radius 1 is 1.26 bits per heavy atom. The van der Waals surface area contributed by atoms with Gasteiger partial charge in [-0.25, -0.2) is 4.79 Å². The first-order valence-electron chi connectivity index (χ1n) is 9.38.